The van der Waals surface area contributed by atoms with E-state index in [0.717, 1.165) is 4.31 Å². The molecule has 0 spiro atoms. The third kappa shape index (κ3) is 2.46. The first kappa shape index (κ1) is 14.3. The molecular formula is C14H15FN2O2S. The van der Waals surface area contributed by atoms with Crippen molar-refractivity contribution in [1.29, 1.82) is 0 Å². The summed E-state index contributed by atoms with van der Waals surface area (Å²) < 4.78 is 39.4. The third-order valence-electron chi connectivity index (χ3n) is 3.14. The molecule has 0 aliphatic rings. The van der Waals surface area contributed by atoms with E-state index in [1.165, 1.54) is 37.4 Å². The third-order valence-corrected chi connectivity index (χ3v) is 5.07. The predicted molar refractivity (Wildman–Crippen MR) is 77.6 cm³/mol. The van der Waals surface area contributed by atoms with Crippen molar-refractivity contribution in [2.45, 2.75) is 11.8 Å². The molecule has 0 atom stereocenters. The van der Waals surface area contributed by atoms with Crippen molar-refractivity contribution in [2.75, 3.05) is 17.1 Å². The Morgan fingerprint density at radius 3 is 2.45 bits per heavy atom. The van der Waals surface area contributed by atoms with E-state index in [1.807, 2.05) is 0 Å². The molecule has 2 aromatic rings. The number of sulfonamides is 1. The summed E-state index contributed by atoms with van der Waals surface area (Å²) in [6.45, 7) is 1.64. The number of halogens is 1. The SMILES string of the molecule is Cc1c(N)cccc1S(=O)(=O)N(C)c1cccc(F)c1. The highest BCUT2D eigenvalue weighted by Gasteiger charge is 2.24. The van der Waals surface area contributed by atoms with Crippen LogP contribution >= 0.6 is 0 Å². The number of benzene rings is 2. The van der Waals surface area contributed by atoms with Crippen LogP contribution in [0, 0.1) is 12.7 Å². The van der Waals surface area contributed by atoms with Gasteiger partial charge in [0.2, 0.25) is 0 Å². The second-order valence-electron chi connectivity index (χ2n) is 4.42. The van der Waals surface area contributed by atoms with Gasteiger partial charge in [-0.2, -0.15) is 0 Å². The lowest BCUT2D eigenvalue weighted by Crippen LogP contribution is -2.27. The van der Waals surface area contributed by atoms with Gasteiger partial charge in [0, 0.05) is 12.7 Å². The van der Waals surface area contributed by atoms with Crippen LogP contribution in [0.1, 0.15) is 5.56 Å². The van der Waals surface area contributed by atoms with Gasteiger partial charge in [-0.05, 0) is 42.8 Å². The summed E-state index contributed by atoms with van der Waals surface area (Å²) in [4.78, 5) is 0.115. The zero-order chi connectivity index (χ0) is 14.9. The van der Waals surface area contributed by atoms with Gasteiger partial charge in [0.1, 0.15) is 5.82 Å². The van der Waals surface area contributed by atoms with E-state index < -0.39 is 15.8 Å². The van der Waals surface area contributed by atoms with Crippen molar-refractivity contribution in [3.8, 4) is 0 Å². The van der Waals surface area contributed by atoms with E-state index in [0.29, 0.717) is 11.3 Å². The second-order valence-corrected chi connectivity index (χ2v) is 6.36. The lowest BCUT2D eigenvalue weighted by Gasteiger charge is -2.21. The van der Waals surface area contributed by atoms with E-state index in [-0.39, 0.29) is 10.6 Å². The van der Waals surface area contributed by atoms with Crippen LogP contribution in [0.15, 0.2) is 47.4 Å². The van der Waals surface area contributed by atoms with Gasteiger partial charge in [0.05, 0.1) is 10.6 Å². The molecule has 2 aromatic carbocycles. The van der Waals surface area contributed by atoms with Gasteiger partial charge in [-0.1, -0.05) is 12.1 Å². The van der Waals surface area contributed by atoms with Crippen molar-refractivity contribution >= 4 is 21.4 Å². The maximum Gasteiger partial charge on any atom is 0.264 e. The highest BCUT2D eigenvalue weighted by atomic mass is 32.2. The average Bonchev–Trinajstić information content (AvgIpc) is 2.40. The molecule has 2 rings (SSSR count). The summed E-state index contributed by atoms with van der Waals surface area (Å²) in [6.07, 6.45) is 0. The summed E-state index contributed by atoms with van der Waals surface area (Å²) in [5.41, 5.74) is 6.88. The molecule has 2 N–H and O–H groups in total. The minimum atomic E-state index is -3.78. The summed E-state index contributed by atoms with van der Waals surface area (Å²) >= 11 is 0. The molecule has 0 aromatic heterocycles. The Morgan fingerprint density at radius 1 is 1.15 bits per heavy atom. The van der Waals surface area contributed by atoms with E-state index in [4.69, 9.17) is 5.73 Å². The van der Waals surface area contributed by atoms with Crippen molar-refractivity contribution in [3.63, 3.8) is 0 Å². The van der Waals surface area contributed by atoms with Crippen molar-refractivity contribution in [3.05, 3.63) is 53.8 Å². The lowest BCUT2D eigenvalue weighted by atomic mass is 10.2. The Hall–Kier alpha value is -2.08. The van der Waals surface area contributed by atoms with Gasteiger partial charge >= 0.3 is 0 Å². The number of nitrogens with zero attached hydrogens (tertiary/aromatic N) is 1. The fraction of sp³-hybridized carbons (Fsp3) is 0.143. The molecule has 0 unspecified atom stereocenters. The van der Waals surface area contributed by atoms with E-state index in [2.05, 4.69) is 0 Å². The first-order chi connectivity index (χ1) is 9.34. The molecule has 0 heterocycles. The fourth-order valence-corrected chi connectivity index (χ4v) is 3.31. The van der Waals surface area contributed by atoms with Crippen LogP contribution in [0.25, 0.3) is 0 Å². The Balaban J connectivity index is 2.52. The maximum absolute atomic E-state index is 13.2. The van der Waals surface area contributed by atoms with Gasteiger partial charge in [0.15, 0.2) is 0 Å². The summed E-state index contributed by atoms with van der Waals surface area (Å²) in [7, 11) is -2.39. The molecule has 0 aliphatic carbocycles. The zero-order valence-corrected chi connectivity index (χ0v) is 12.0. The van der Waals surface area contributed by atoms with Crippen LogP contribution < -0.4 is 10.0 Å². The van der Waals surface area contributed by atoms with Crippen LogP contribution in [0.4, 0.5) is 15.8 Å². The zero-order valence-electron chi connectivity index (χ0n) is 11.2. The number of nitrogen functional groups attached to an aromatic ring is 1. The topological polar surface area (TPSA) is 63.4 Å². The molecule has 0 bridgehead atoms. The number of nitrogens with two attached hydrogens (primary N) is 1. The molecule has 0 fully saturated rings. The molecule has 20 heavy (non-hydrogen) atoms. The minimum Gasteiger partial charge on any atom is -0.398 e. The number of rotatable bonds is 3. The standard InChI is InChI=1S/C14H15FN2O2S/c1-10-13(16)7-4-8-14(10)20(18,19)17(2)12-6-3-5-11(15)9-12/h3-9H,16H2,1-2H3. The Bertz CT molecular complexity index is 745. The highest BCUT2D eigenvalue weighted by molar-refractivity contribution is 7.92. The van der Waals surface area contributed by atoms with Crippen LogP contribution in [0.3, 0.4) is 0 Å². The normalized spacial score (nSPS) is 11.3. The highest BCUT2D eigenvalue weighted by Crippen LogP contribution is 2.26. The number of hydrogen-bond donors (Lipinski definition) is 1. The van der Waals surface area contributed by atoms with Gasteiger partial charge in [-0.15, -0.1) is 0 Å². The predicted octanol–water partition coefficient (Wildman–Crippen LogP) is 2.54. The van der Waals surface area contributed by atoms with Crippen LogP contribution in [-0.4, -0.2) is 15.5 Å². The van der Waals surface area contributed by atoms with Crippen LogP contribution in [-0.2, 0) is 10.0 Å². The Morgan fingerprint density at radius 2 is 1.80 bits per heavy atom. The van der Waals surface area contributed by atoms with Crippen molar-refractivity contribution in [1.82, 2.24) is 0 Å². The molecular weight excluding hydrogens is 279 g/mol. The van der Waals surface area contributed by atoms with Crippen molar-refractivity contribution < 1.29 is 12.8 Å². The lowest BCUT2D eigenvalue weighted by molar-refractivity contribution is 0.593. The second kappa shape index (κ2) is 5.13. The summed E-state index contributed by atoms with van der Waals surface area (Å²) in [5, 5.41) is 0. The molecule has 0 saturated heterocycles. The molecule has 0 radical (unpaired) electrons. The number of hydrogen-bond acceptors (Lipinski definition) is 3. The number of anilines is 2. The van der Waals surface area contributed by atoms with Gasteiger partial charge in [-0.25, -0.2) is 12.8 Å². The Labute approximate surface area is 117 Å². The molecule has 4 nitrogen and oxygen atoms in total. The van der Waals surface area contributed by atoms with Gasteiger partial charge in [0.25, 0.3) is 10.0 Å². The quantitative estimate of drug-likeness (QED) is 0.885. The van der Waals surface area contributed by atoms with Gasteiger partial charge < -0.3 is 5.73 Å². The fourth-order valence-electron chi connectivity index (χ4n) is 1.87. The molecule has 0 aliphatic heterocycles. The minimum absolute atomic E-state index is 0.115. The van der Waals surface area contributed by atoms with Crippen molar-refractivity contribution in [2.24, 2.45) is 0 Å². The summed E-state index contributed by atoms with van der Waals surface area (Å²) in [5.74, 6) is -0.492. The molecule has 0 amide bonds. The summed E-state index contributed by atoms with van der Waals surface area (Å²) in [6, 6.07) is 10.1. The van der Waals surface area contributed by atoms with Crippen LogP contribution in [0.5, 0.6) is 0 Å². The van der Waals surface area contributed by atoms with E-state index >= 15 is 0 Å². The monoisotopic (exact) mass is 294 g/mol. The maximum atomic E-state index is 13.2. The van der Waals surface area contributed by atoms with E-state index in [1.54, 1.807) is 19.1 Å². The Kier molecular flexibility index (Phi) is 3.67. The van der Waals surface area contributed by atoms with E-state index in [9.17, 15) is 12.8 Å². The largest absolute Gasteiger partial charge is 0.398 e. The first-order valence-corrected chi connectivity index (χ1v) is 7.37. The molecule has 6 heteroatoms. The molecule has 106 valence electrons. The van der Waals surface area contributed by atoms with Crippen LogP contribution in [0.2, 0.25) is 0 Å². The smallest absolute Gasteiger partial charge is 0.264 e. The first-order valence-electron chi connectivity index (χ1n) is 5.93. The molecule has 0 saturated carbocycles. The average molecular weight is 294 g/mol. The van der Waals surface area contributed by atoms with Gasteiger partial charge in [-0.3, -0.25) is 4.31 Å².